The largest absolute Gasteiger partial charge is 0.497 e. The Bertz CT molecular complexity index is 479. The maximum absolute atomic E-state index is 8.81. The Labute approximate surface area is 75.1 Å². The minimum atomic E-state index is 0.499. The number of furan rings is 1. The van der Waals surface area contributed by atoms with E-state index in [1.807, 2.05) is 6.07 Å². The lowest BCUT2D eigenvalue weighted by atomic mass is 10.1. The number of benzene rings is 1. The molecule has 0 amide bonds. The highest BCUT2D eigenvalue weighted by Crippen LogP contribution is 2.25. The lowest BCUT2D eigenvalue weighted by Gasteiger charge is -1.99. The zero-order valence-corrected chi connectivity index (χ0v) is 7.07. The first-order chi connectivity index (χ1) is 6.35. The summed E-state index contributed by atoms with van der Waals surface area (Å²) < 4.78 is 10.2. The standard InChI is InChI=1S/C10H7NO2/c1-12-9-4-7-2-3-13-10(7)8(5-9)6-11/h2-5H,1H3. The summed E-state index contributed by atoms with van der Waals surface area (Å²) in [6.45, 7) is 0. The predicted molar refractivity (Wildman–Crippen MR) is 47.5 cm³/mol. The van der Waals surface area contributed by atoms with Crippen molar-refractivity contribution < 1.29 is 9.15 Å². The van der Waals surface area contributed by atoms with Gasteiger partial charge in [0.05, 0.1) is 18.9 Å². The molecule has 0 N–H and O–H groups in total. The van der Waals surface area contributed by atoms with Gasteiger partial charge >= 0.3 is 0 Å². The molecule has 64 valence electrons. The third kappa shape index (κ3) is 1.13. The lowest BCUT2D eigenvalue weighted by molar-refractivity contribution is 0.415. The molecule has 0 fully saturated rings. The molecule has 0 saturated heterocycles. The van der Waals surface area contributed by atoms with Gasteiger partial charge in [-0.25, -0.2) is 0 Å². The van der Waals surface area contributed by atoms with E-state index in [0.717, 1.165) is 5.39 Å². The molecule has 13 heavy (non-hydrogen) atoms. The van der Waals surface area contributed by atoms with Crippen LogP contribution in [0.15, 0.2) is 28.9 Å². The number of fused-ring (bicyclic) bond motifs is 1. The van der Waals surface area contributed by atoms with E-state index in [0.29, 0.717) is 16.9 Å². The maximum Gasteiger partial charge on any atom is 0.151 e. The van der Waals surface area contributed by atoms with Crippen molar-refractivity contribution in [2.24, 2.45) is 0 Å². The van der Waals surface area contributed by atoms with Crippen molar-refractivity contribution in [3.63, 3.8) is 0 Å². The van der Waals surface area contributed by atoms with Crippen LogP contribution in [0.4, 0.5) is 0 Å². The summed E-state index contributed by atoms with van der Waals surface area (Å²) in [6.07, 6.45) is 1.56. The van der Waals surface area contributed by atoms with Crippen molar-refractivity contribution in [3.8, 4) is 11.8 Å². The van der Waals surface area contributed by atoms with Crippen molar-refractivity contribution in [2.75, 3.05) is 7.11 Å². The van der Waals surface area contributed by atoms with E-state index in [1.165, 1.54) is 0 Å². The van der Waals surface area contributed by atoms with Gasteiger partial charge in [0.2, 0.25) is 0 Å². The normalized spacial score (nSPS) is 9.85. The van der Waals surface area contributed by atoms with Gasteiger partial charge in [-0.1, -0.05) is 0 Å². The average Bonchev–Trinajstić information content (AvgIpc) is 2.63. The fourth-order valence-electron chi connectivity index (χ4n) is 1.26. The first kappa shape index (κ1) is 7.69. The highest BCUT2D eigenvalue weighted by Gasteiger charge is 2.06. The molecule has 0 saturated carbocycles. The number of hydrogen-bond donors (Lipinski definition) is 0. The van der Waals surface area contributed by atoms with Gasteiger partial charge in [-0.2, -0.15) is 5.26 Å². The number of nitriles is 1. The van der Waals surface area contributed by atoms with Gasteiger partial charge in [0, 0.05) is 11.5 Å². The highest BCUT2D eigenvalue weighted by atomic mass is 16.5. The third-order valence-corrected chi connectivity index (χ3v) is 1.88. The average molecular weight is 173 g/mol. The molecular formula is C10H7NO2. The molecule has 0 aliphatic rings. The first-order valence-electron chi connectivity index (χ1n) is 3.80. The van der Waals surface area contributed by atoms with Gasteiger partial charge in [-0.3, -0.25) is 0 Å². The number of rotatable bonds is 1. The molecule has 0 bridgehead atoms. The number of ether oxygens (including phenoxy) is 1. The van der Waals surface area contributed by atoms with Crippen molar-refractivity contribution in [1.82, 2.24) is 0 Å². The maximum atomic E-state index is 8.81. The van der Waals surface area contributed by atoms with E-state index in [2.05, 4.69) is 6.07 Å². The van der Waals surface area contributed by atoms with Gasteiger partial charge in [0.1, 0.15) is 11.8 Å². The second-order valence-electron chi connectivity index (χ2n) is 2.63. The SMILES string of the molecule is COc1cc(C#N)c2occc2c1. The van der Waals surface area contributed by atoms with E-state index in [4.69, 9.17) is 14.4 Å². The third-order valence-electron chi connectivity index (χ3n) is 1.88. The molecular weight excluding hydrogens is 166 g/mol. The quantitative estimate of drug-likeness (QED) is 0.664. The van der Waals surface area contributed by atoms with Crippen LogP contribution >= 0.6 is 0 Å². The molecule has 1 heterocycles. The van der Waals surface area contributed by atoms with Crippen LogP contribution in [0.1, 0.15) is 5.56 Å². The number of methoxy groups -OCH3 is 1. The summed E-state index contributed by atoms with van der Waals surface area (Å²) in [7, 11) is 1.57. The predicted octanol–water partition coefficient (Wildman–Crippen LogP) is 2.31. The smallest absolute Gasteiger partial charge is 0.151 e. The molecule has 0 spiro atoms. The molecule has 1 aromatic carbocycles. The second-order valence-corrected chi connectivity index (χ2v) is 2.63. The molecule has 0 atom stereocenters. The Balaban J connectivity index is 2.79. The Morgan fingerprint density at radius 3 is 3.00 bits per heavy atom. The minimum absolute atomic E-state index is 0.499. The molecule has 3 heteroatoms. The topological polar surface area (TPSA) is 46.2 Å². The van der Waals surface area contributed by atoms with Crippen LogP contribution in [-0.2, 0) is 0 Å². The van der Waals surface area contributed by atoms with Crippen LogP contribution in [-0.4, -0.2) is 7.11 Å². The highest BCUT2D eigenvalue weighted by molar-refractivity contribution is 5.84. The second kappa shape index (κ2) is 2.83. The summed E-state index contributed by atoms with van der Waals surface area (Å²) in [6, 6.07) is 7.35. The molecule has 3 nitrogen and oxygen atoms in total. The summed E-state index contributed by atoms with van der Waals surface area (Å²) in [4.78, 5) is 0. The molecule has 2 rings (SSSR count). The van der Waals surface area contributed by atoms with Crippen LogP contribution in [0.3, 0.4) is 0 Å². The van der Waals surface area contributed by atoms with Gasteiger partial charge in [0.15, 0.2) is 5.58 Å². The fraction of sp³-hybridized carbons (Fsp3) is 0.100. The summed E-state index contributed by atoms with van der Waals surface area (Å²) in [5.41, 5.74) is 1.11. The van der Waals surface area contributed by atoms with E-state index >= 15 is 0 Å². The molecule has 1 aromatic heterocycles. The van der Waals surface area contributed by atoms with Crippen LogP contribution in [0.5, 0.6) is 5.75 Å². The van der Waals surface area contributed by atoms with Gasteiger partial charge < -0.3 is 9.15 Å². The van der Waals surface area contributed by atoms with E-state index in [1.54, 1.807) is 25.5 Å². The molecule has 2 aromatic rings. The van der Waals surface area contributed by atoms with Crippen LogP contribution < -0.4 is 4.74 Å². The Morgan fingerprint density at radius 1 is 1.46 bits per heavy atom. The zero-order valence-electron chi connectivity index (χ0n) is 7.07. The fourth-order valence-corrected chi connectivity index (χ4v) is 1.26. The molecule has 0 unspecified atom stereocenters. The van der Waals surface area contributed by atoms with Gasteiger partial charge in [0.25, 0.3) is 0 Å². The molecule has 0 aliphatic carbocycles. The molecule has 0 aliphatic heterocycles. The van der Waals surface area contributed by atoms with Crippen molar-refractivity contribution in [2.45, 2.75) is 0 Å². The van der Waals surface area contributed by atoms with Crippen LogP contribution in [0.2, 0.25) is 0 Å². The number of hydrogen-bond acceptors (Lipinski definition) is 3. The zero-order chi connectivity index (χ0) is 9.26. The summed E-state index contributed by atoms with van der Waals surface area (Å²) >= 11 is 0. The van der Waals surface area contributed by atoms with Crippen molar-refractivity contribution in [1.29, 1.82) is 5.26 Å². The number of nitrogens with zero attached hydrogens (tertiary/aromatic N) is 1. The summed E-state index contributed by atoms with van der Waals surface area (Å²) in [5, 5.41) is 9.69. The Hall–Kier alpha value is -1.95. The van der Waals surface area contributed by atoms with Gasteiger partial charge in [-0.15, -0.1) is 0 Å². The summed E-state index contributed by atoms with van der Waals surface area (Å²) in [5.74, 6) is 0.672. The van der Waals surface area contributed by atoms with Crippen molar-refractivity contribution >= 4 is 11.0 Å². The molecule has 0 radical (unpaired) electrons. The van der Waals surface area contributed by atoms with E-state index in [-0.39, 0.29) is 0 Å². The monoisotopic (exact) mass is 173 g/mol. The minimum Gasteiger partial charge on any atom is -0.497 e. The lowest BCUT2D eigenvalue weighted by Crippen LogP contribution is -1.84. The van der Waals surface area contributed by atoms with Gasteiger partial charge in [-0.05, 0) is 12.1 Å². The Morgan fingerprint density at radius 2 is 2.31 bits per heavy atom. The van der Waals surface area contributed by atoms with Crippen LogP contribution in [0.25, 0.3) is 11.0 Å². The Kier molecular flexibility index (Phi) is 1.67. The van der Waals surface area contributed by atoms with Crippen molar-refractivity contribution in [3.05, 3.63) is 30.0 Å². The van der Waals surface area contributed by atoms with E-state index < -0.39 is 0 Å². The van der Waals surface area contributed by atoms with Crippen LogP contribution in [0, 0.1) is 11.3 Å². The first-order valence-corrected chi connectivity index (χ1v) is 3.80. The van der Waals surface area contributed by atoms with E-state index in [9.17, 15) is 0 Å².